The summed E-state index contributed by atoms with van der Waals surface area (Å²) >= 11 is 0. The predicted octanol–water partition coefficient (Wildman–Crippen LogP) is 0.795. The maximum atomic E-state index is 11.8. The van der Waals surface area contributed by atoms with Crippen LogP contribution >= 0.6 is 0 Å². The summed E-state index contributed by atoms with van der Waals surface area (Å²) in [5, 5.41) is 9.45. The number of esters is 1. The molecule has 2 rings (SSSR count). The van der Waals surface area contributed by atoms with Crippen molar-refractivity contribution in [3.05, 3.63) is 35.9 Å². The van der Waals surface area contributed by atoms with Crippen LogP contribution in [0.5, 0.6) is 0 Å². The Morgan fingerprint density at radius 1 is 1.47 bits per heavy atom. The van der Waals surface area contributed by atoms with E-state index in [0.717, 1.165) is 5.56 Å². The van der Waals surface area contributed by atoms with Gasteiger partial charge in [-0.1, -0.05) is 30.3 Å². The van der Waals surface area contributed by atoms with Crippen LogP contribution in [0.25, 0.3) is 0 Å². The van der Waals surface area contributed by atoms with Gasteiger partial charge < -0.3 is 9.84 Å². The Morgan fingerprint density at radius 3 is 2.76 bits per heavy atom. The number of β-amino-alcohol motifs (C(OH)–C–C–N with tert-alkyl or cyclic N) is 1. The normalized spacial score (nSPS) is 24.8. The van der Waals surface area contributed by atoms with Crippen LogP contribution in [-0.4, -0.2) is 41.7 Å². The van der Waals surface area contributed by atoms with E-state index in [1.54, 1.807) is 0 Å². The van der Waals surface area contributed by atoms with Gasteiger partial charge in [-0.15, -0.1) is 0 Å². The molecule has 1 saturated heterocycles. The molecular formula is C13H17NO3. The van der Waals surface area contributed by atoms with E-state index in [-0.39, 0.29) is 12.0 Å². The maximum Gasteiger partial charge on any atom is 0.323 e. The van der Waals surface area contributed by atoms with Crippen LogP contribution in [0.15, 0.2) is 30.3 Å². The van der Waals surface area contributed by atoms with Crippen LogP contribution in [0.4, 0.5) is 0 Å². The van der Waals surface area contributed by atoms with Crippen molar-refractivity contribution in [1.82, 2.24) is 4.90 Å². The van der Waals surface area contributed by atoms with Gasteiger partial charge in [0.2, 0.25) is 0 Å². The van der Waals surface area contributed by atoms with Crippen LogP contribution in [0.3, 0.4) is 0 Å². The minimum atomic E-state index is -0.422. The Bertz CT molecular complexity index is 380. The zero-order valence-electron chi connectivity index (χ0n) is 9.87. The summed E-state index contributed by atoms with van der Waals surface area (Å²) in [6, 6.07) is 9.27. The highest BCUT2D eigenvalue weighted by molar-refractivity contribution is 5.76. The fourth-order valence-electron chi connectivity index (χ4n) is 2.07. The number of benzene rings is 1. The number of likely N-dealkylation sites (N-methyl/N-ethyl adjacent to an activating group) is 1. The number of hydrogen-bond acceptors (Lipinski definition) is 4. The van der Waals surface area contributed by atoms with Crippen LogP contribution in [-0.2, 0) is 16.1 Å². The average Bonchev–Trinajstić information content (AvgIpc) is 2.67. The minimum Gasteiger partial charge on any atom is -0.460 e. The number of ether oxygens (including phenoxy) is 1. The third-order valence-corrected chi connectivity index (χ3v) is 3.02. The summed E-state index contributed by atoms with van der Waals surface area (Å²) in [6.07, 6.45) is 0.0405. The molecule has 1 heterocycles. The first-order valence-corrected chi connectivity index (χ1v) is 5.75. The van der Waals surface area contributed by atoms with E-state index in [1.165, 1.54) is 0 Å². The molecule has 2 unspecified atom stereocenters. The van der Waals surface area contributed by atoms with Gasteiger partial charge in [-0.3, -0.25) is 9.69 Å². The van der Waals surface area contributed by atoms with E-state index in [2.05, 4.69) is 0 Å². The van der Waals surface area contributed by atoms with Crippen molar-refractivity contribution in [2.24, 2.45) is 0 Å². The molecule has 17 heavy (non-hydrogen) atoms. The topological polar surface area (TPSA) is 49.8 Å². The average molecular weight is 235 g/mol. The third-order valence-electron chi connectivity index (χ3n) is 3.02. The Kier molecular flexibility index (Phi) is 3.76. The number of aliphatic hydroxyl groups excluding tert-OH is 1. The fraction of sp³-hybridized carbons (Fsp3) is 0.462. The molecule has 1 N–H and O–H groups in total. The molecule has 0 radical (unpaired) electrons. The minimum absolute atomic E-state index is 0.257. The predicted molar refractivity (Wildman–Crippen MR) is 63.3 cm³/mol. The van der Waals surface area contributed by atoms with E-state index in [1.807, 2.05) is 42.3 Å². The molecule has 4 heteroatoms. The molecule has 1 aliphatic rings. The summed E-state index contributed by atoms with van der Waals surface area (Å²) in [7, 11) is 1.82. The number of nitrogens with zero attached hydrogens (tertiary/aromatic N) is 1. The molecule has 0 aliphatic carbocycles. The van der Waals surface area contributed by atoms with Crippen LogP contribution < -0.4 is 0 Å². The third kappa shape index (κ3) is 3.05. The van der Waals surface area contributed by atoms with Gasteiger partial charge in [-0.25, -0.2) is 0 Å². The van der Waals surface area contributed by atoms with Crippen molar-refractivity contribution in [2.45, 2.75) is 25.2 Å². The second kappa shape index (κ2) is 5.29. The highest BCUT2D eigenvalue weighted by atomic mass is 16.5. The smallest absolute Gasteiger partial charge is 0.323 e. The molecule has 4 nitrogen and oxygen atoms in total. The Hall–Kier alpha value is -1.39. The number of carbonyl (C=O) groups is 1. The van der Waals surface area contributed by atoms with E-state index in [4.69, 9.17) is 4.74 Å². The molecule has 1 aromatic carbocycles. The molecule has 1 fully saturated rings. The first kappa shape index (κ1) is 12.1. The number of carbonyl (C=O) groups excluding carboxylic acids is 1. The standard InChI is InChI=1S/C13H17NO3/c1-14-8-11(15)7-12(14)13(16)17-9-10-5-3-2-4-6-10/h2-6,11-12,15H,7-9H2,1H3. The van der Waals surface area contributed by atoms with Crippen LogP contribution in [0, 0.1) is 0 Å². The SMILES string of the molecule is CN1CC(O)CC1C(=O)OCc1ccccc1. The molecule has 0 bridgehead atoms. The lowest BCUT2D eigenvalue weighted by molar-refractivity contribution is -0.149. The lowest BCUT2D eigenvalue weighted by atomic mass is 10.2. The van der Waals surface area contributed by atoms with Gasteiger partial charge in [0.1, 0.15) is 12.6 Å². The Balaban J connectivity index is 1.86. The van der Waals surface area contributed by atoms with Crippen molar-refractivity contribution in [2.75, 3.05) is 13.6 Å². The zero-order valence-corrected chi connectivity index (χ0v) is 9.87. The monoisotopic (exact) mass is 235 g/mol. The maximum absolute atomic E-state index is 11.8. The van der Waals surface area contributed by atoms with Gasteiger partial charge in [0.05, 0.1) is 6.10 Å². The second-order valence-corrected chi connectivity index (χ2v) is 4.44. The molecule has 0 amide bonds. The lowest BCUT2D eigenvalue weighted by Gasteiger charge is -2.17. The van der Waals surface area contributed by atoms with E-state index >= 15 is 0 Å². The van der Waals surface area contributed by atoms with E-state index < -0.39 is 6.10 Å². The summed E-state index contributed by atoms with van der Waals surface area (Å²) in [4.78, 5) is 13.6. The number of likely N-dealkylation sites (tertiary alicyclic amines) is 1. The number of hydrogen-bond donors (Lipinski definition) is 1. The second-order valence-electron chi connectivity index (χ2n) is 4.44. The summed E-state index contributed by atoms with van der Waals surface area (Å²) < 4.78 is 5.24. The Morgan fingerprint density at radius 2 is 2.18 bits per heavy atom. The summed E-state index contributed by atoms with van der Waals surface area (Å²) in [5.41, 5.74) is 0.974. The van der Waals surface area contributed by atoms with Gasteiger partial charge in [0.25, 0.3) is 0 Å². The van der Waals surface area contributed by atoms with Crippen LogP contribution in [0.1, 0.15) is 12.0 Å². The molecule has 0 aromatic heterocycles. The molecule has 1 aromatic rings. The molecule has 0 saturated carbocycles. The molecule has 0 spiro atoms. The van der Waals surface area contributed by atoms with Crippen molar-refractivity contribution in [1.29, 1.82) is 0 Å². The van der Waals surface area contributed by atoms with Gasteiger partial charge in [0, 0.05) is 13.0 Å². The fourth-order valence-corrected chi connectivity index (χ4v) is 2.07. The van der Waals surface area contributed by atoms with Crippen molar-refractivity contribution in [3.8, 4) is 0 Å². The van der Waals surface area contributed by atoms with Gasteiger partial charge in [0.15, 0.2) is 0 Å². The quantitative estimate of drug-likeness (QED) is 0.787. The van der Waals surface area contributed by atoms with Crippen molar-refractivity contribution < 1.29 is 14.6 Å². The lowest BCUT2D eigenvalue weighted by Crippen LogP contribution is -2.34. The van der Waals surface area contributed by atoms with Gasteiger partial charge >= 0.3 is 5.97 Å². The Labute approximate surface area is 101 Å². The highest BCUT2D eigenvalue weighted by Gasteiger charge is 2.34. The van der Waals surface area contributed by atoms with Gasteiger partial charge in [-0.05, 0) is 12.6 Å². The number of aliphatic hydroxyl groups is 1. The van der Waals surface area contributed by atoms with Gasteiger partial charge in [-0.2, -0.15) is 0 Å². The molecule has 2 atom stereocenters. The van der Waals surface area contributed by atoms with Crippen LogP contribution in [0.2, 0.25) is 0 Å². The molecule has 1 aliphatic heterocycles. The highest BCUT2D eigenvalue weighted by Crippen LogP contribution is 2.17. The number of rotatable bonds is 3. The largest absolute Gasteiger partial charge is 0.460 e. The van der Waals surface area contributed by atoms with E-state index in [0.29, 0.717) is 19.6 Å². The summed E-state index contributed by atoms with van der Waals surface area (Å²) in [6.45, 7) is 0.825. The van der Waals surface area contributed by atoms with E-state index in [9.17, 15) is 9.90 Å². The molecule has 92 valence electrons. The van der Waals surface area contributed by atoms with Crippen molar-refractivity contribution in [3.63, 3.8) is 0 Å². The first-order valence-electron chi connectivity index (χ1n) is 5.75. The first-order chi connectivity index (χ1) is 8.16. The molecular weight excluding hydrogens is 218 g/mol. The zero-order chi connectivity index (χ0) is 12.3. The van der Waals surface area contributed by atoms with Crippen molar-refractivity contribution >= 4 is 5.97 Å². The summed E-state index contributed by atoms with van der Waals surface area (Å²) in [5.74, 6) is -0.257.